The number of nitroso groups, excluding NO2 is 1. The molecule has 0 atom stereocenters. The van der Waals surface area contributed by atoms with Crippen LogP contribution in [0.25, 0.3) is 0 Å². The minimum atomic E-state index is 0.587. The summed E-state index contributed by atoms with van der Waals surface area (Å²) in [6.07, 6.45) is 0. The van der Waals surface area contributed by atoms with Crippen LogP contribution in [0, 0.1) is 4.91 Å². The lowest BCUT2D eigenvalue weighted by Crippen LogP contribution is -2.46. The van der Waals surface area contributed by atoms with Crippen LogP contribution in [0.1, 0.15) is 13.8 Å². The second-order valence-corrected chi connectivity index (χ2v) is 3.17. The first kappa shape index (κ1) is 8.46. The zero-order chi connectivity index (χ0) is 8.27. The number of hydrogen-bond acceptors (Lipinski definition) is 3. The molecule has 0 unspecified atom stereocenters. The van der Waals surface area contributed by atoms with Crippen LogP contribution in [0.4, 0.5) is 0 Å². The normalized spacial score (nSPS) is 20.8. The van der Waals surface area contributed by atoms with E-state index in [1.807, 2.05) is 0 Å². The topological polar surface area (TPSA) is 35.9 Å². The summed E-state index contributed by atoms with van der Waals surface area (Å²) in [5, 5.41) is 4.48. The molecule has 0 spiro atoms. The van der Waals surface area contributed by atoms with Crippen LogP contribution in [0.15, 0.2) is 5.29 Å². The largest absolute Gasteiger partial charge is 0.297 e. The Hall–Kier alpha value is -0.640. The lowest BCUT2D eigenvalue weighted by atomic mass is 10.2. The summed E-state index contributed by atoms with van der Waals surface area (Å²) in [5.41, 5.74) is 0. The average molecular weight is 157 g/mol. The first-order valence-electron chi connectivity index (χ1n) is 4.06. The second-order valence-electron chi connectivity index (χ2n) is 3.17. The molecule has 0 amide bonds. The molecular formula is C7H15N3O. The van der Waals surface area contributed by atoms with Crippen molar-refractivity contribution in [3.63, 3.8) is 0 Å². The molecule has 11 heavy (non-hydrogen) atoms. The van der Waals surface area contributed by atoms with E-state index in [0.717, 1.165) is 26.2 Å². The molecular weight excluding hydrogens is 142 g/mol. The molecule has 1 aliphatic heterocycles. The number of nitrogens with zero attached hydrogens (tertiary/aromatic N) is 3. The van der Waals surface area contributed by atoms with Gasteiger partial charge in [0.1, 0.15) is 0 Å². The van der Waals surface area contributed by atoms with E-state index in [1.165, 1.54) is 0 Å². The van der Waals surface area contributed by atoms with Crippen molar-refractivity contribution in [2.24, 2.45) is 5.29 Å². The smallest absolute Gasteiger partial charge is 0.0524 e. The van der Waals surface area contributed by atoms with E-state index in [0.29, 0.717) is 6.04 Å². The minimum absolute atomic E-state index is 0.587. The highest BCUT2D eigenvalue weighted by molar-refractivity contribution is 4.71. The fourth-order valence-electron chi connectivity index (χ4n) is 1.31. The van der Waals surface area contributed by atoms with Crippen molar-refractivity contribution in [3.8, 4) is 0 Å². The quantitative estimate of drug-likeness (QED) is 0.553. The predicted octanol–water partition coefficient (Wildman–Crippen LogP) is 0.694. The number of piperazine rings is 1. The molecule has 4 nitrogen and oxygen atoms in total. The molecule has 0 aliphatic carbocycles. The molecule has 1 fully saturated rings. The van der Waals surface area contributed by atoms with Crippen LogP contribution in [-0.4, -0.2) is 42.1 Å². The molecule has 0 N–H and O–H groups in total. The van der Waals surface area contributed by atoms with Crippen LogP contribution in [-0.2, 0) is 0 Å². The van der Waals surface area contributed by atoms with Gasteiger partial charge < -0.3 is 0 Å². The van der Waals surface area contributed by atoms with Gasteiger partial charge in [0.05, 0.1) is 18.4 Å². The van der Waals surface area contributed by atoms with Crippen LogP contribution in [0.5, 0.6) is 0 Å². The molecule has 1 aliphatic rings. The highest BCUT2D eigenvalue weighted by atomic mass is 16.3. The van der Waals surface area contributed by atoms with E-state index in [2.05, 4.69) is 24.0 Å². The van der Waals surface area contributed by atoms with Gasteiger partial charge in [0.2, 0.25) is 0 Å². The van der Waals surface area contributed by atoms with Gasteiger partial charge in [-0.2, -0.15) is 0 Å². The van der Waals surface area contributed by atoms with Gasteiger partial charge >= 0.3 is 0 Å². The van der Waals surface area contributed by atoms with Crippen molar-refractivity contribution in [1.82, 2.24) is 9.91 Å². The highest BCUT2D eigenvalue weighted by Gasteiger charge is 2.17. The van der Waals surface area contributed by atoms with Crippen LogP contribution in [0.3, 0.4) is 0 Å². The third kappa shape index (κ3) is 2.15. The summed E-state index contributed by atoms with van der Waals surface area (Å²) >= 11 is 0. The van der Waals surface area contributed by atoms with Gasteiger partial charge in [0.15, 0.2) is 0 Å². The lowest BCUT2D eigenvalue weighted by Gasteiger charge is -2.33. The van der Waals surface area contributed by atoms with Crippen molar-refractivity contribution in [2.75, 3.05) is 26.2 Å². The average Bonchev–Trinajstić information content (AvgIpc) is 2.05. The Morgan fingerprint density at radius 2 is 1.73 bits per heavy atom. The van der Waals surface area contributed by atoms with Crippen molar-refractivity contribution in [2.45, 2.75) is 19.9 Å². The molecule has 1 saturated heterocycles. The third-order valence-electron chi connectivity index (χ3n) is 2.14. The van der Waals surface area contributed by atoms with E-state index in [4.69, 9.17) is 0 Å². The van der Waals surface area contributed by atoms with E-state index < -0.39 is 0 Å². The Bertz CT molecular complexity index is 130. The first-order chi connectivity index (χ1) is 5.24. The van der Waals surface area contributed by atoms with Gasteiger partial charge in [-0.25, -0.2) is 0 Å². The summed E-state index contributed by atoms with van der Waals surface area (Å²) < 4.78 is 0. The zero-order valence-electron chi connectivity index (χ0n) is 7.16. The standard InChI is InChI=1S/C7H15N3O/c1-7(2)9-3-5-10(8-11)6-4-9/h7H,3-6H2,1-2H3. The van der Waals surface area contributed by atoms with Crippen molar-refractivity contribution in [3.05, 3.63) is 4.91 Å². The summed E-state index contributed by atoms with van der Waals surface area (Å²) in [6, 6.07) is 0.587. The van der Waals surface area contributed by atoms with E-state index in [-0.39, 0.29) is 0 Å². The maximum atomic E-state index is 10.1. The second kappa shape index (κ2) is 3.67. The number of rotatable bonds is 2. The summed E-state index contributed by atoms with van der Waals surface area (Å²) in [5.74, 6) is 0. The fourth-order valence-corrected chi connectivity index (χ4v) is 1.31. The minimum Gasteiger partial charge on any atom is -0.297 e. The monoisotopic (exact) mass is 157 g/mol. The molecule has 0 aromatic rings. The van der Waals surface area contributed by atoms with Gasteiger partial charge in [0, 0.05) is 19.1 Å². The Labute approximate surface area is 67.1 Å². The summed E-state index contributed by atoms with van der Waals surface area (Å²) in [6.45, 7) is 7.82. The van der Waals surface area contributed by atoms with Gasteiger partial charge in [-0.1, -0.05) is 0 Å². The third-order valence-corrected chi connectivity index (χ3v) is 2.14. The van der Waals surface area contributed by atoms with Crippen LogP contribution in [0.2, 0.25) is 0 Å². The molecule has 0 radical (unpaired) electrons. The first-order valence-corrected chi connectivity index (χ1v) is 4.06. The van der Waals surface area contributed by atoms with Gasteiger partial charge in [-0.15, -0.1) is 4.91 Å². The molecule has 0 aromatic heterocycles. The highest BCUT2D eigenvalue weighted by Crippen LogP contribution is 2.04. The Morgan fingerprint density at radius 1 is 1.18 bits per heavy atom. The Morgan fingerprint density at radius 3 is 2.09 bits per heavy atom. The van der Waals surface area contributed by atoms with Crippen molar-refractivity contribution < 1.29 is 0 Å². The predicted molar refractivity (Wildman–Crippen MR) is 44.1 cm³/mol. The molecule has 64 valence electrons. The molecule has 0 bridgehead atoms. The van der Waals surface area contributed by atoms with Gasteiger partial charge in [-0.05, 0) is 13.8 Å². The number of hydrogen-bond donors (Lipinski definition) is 0. The van der Waals surface area contributed by atoms with E-state index in [1.54, 1.807) is 5.01 Å². The van der Waals surface area contributed by atoms with E-state index >= 15 is 0 Å². The summed E-state index contributed by atoms with van der Waals surface area (Å²) in [4.78, 5) is 12.4. The van der Waals surface area contributed by atoms with Gasteiger partial charge in [0.25, 0.3) is 0 Å². The van der Waals surface area contributed by atoms with Crippen LogP contribution < -0.4 is 0 Å². The molecule has 1 rings (SSSR count). The summed E-state index contributed by atoms with van der Waals surface area (Å²) in [7, 11) is 0. The van der Waals surface area contributed by atoms with E-state index in [9.17, 15) is 4.91 Å². The van der Waals surface area contributed by atoms with Crippen molar-refractivity contribution in [1.29, 1.82) is 0 Å². The zero-order valence-corrected chi connectivity index (χ0v) is 7.16. The molecule has 4 heteroatoms. The van der Waals surface area contributed by atoms with Crippen LogP contribution >= 0.6 is 0 Å². The van der Waals surface area contributed by atoms with Gasteiger partial charge in [-0.3, -0.25) is 9.91 Å². The maximum absolute atomic E-state index is 10.1. The molecule has 1 heterocycles. The molecule has 0 aromatic carbocycles. The molecule has 0 saturated carbocycles. The lowest BCUT2D eigenvalue weighted by molar-refractivity contribution is 0.110. The fraction of sp³-hybridized carbons (Fsp3) is 1.00. The Balaban J connectivity index is 2.29. The van der Waals surface area contributed by atoms with Crippen molar-refractivity contribution >= 4 is 0 Å². The maximum Gasteiger partial charge on any atom is 0.0524 e. The SMILES string of the molecule is CC(C)N1CCN(N=O)CC1. The Kier molecular flexibility index (Phi) is 2.82.